The third-order valence-corrected chi connectivity index (χ3v) is 2.78. The van der Waals surface area contributed by atoms with Crippen LogP contribution in [0.2, 0.25) is 0 Å². The second kappa shape index (κ2) is 8.24. The maximum atomic E-state index is 11.7. The standard InChI is InChI=1S/C14H21N3O2/c1-3-4-9-17(2)14(19)10-13(18)16-11-12-7-5-6-8-15-12/h5-8H,3-4,9-11H2,1-2H3,(H,16,18). The van der Waals surface area contributed by atoms with Crippen LogP contribution >= 0.6 is 0 Å². The number of rotatable bonds is 7. The Hall–Kier alpha value is -1.91. The zero-order chi connectivity index (χ0) is 14.1. The van der Waals surface area contributed by atoms with Crippen molar-refractivity contribution in [3.63, 3.8) is 0 Å². The SMILES string of the molecule is CCCCN(C)C(=O)CC(=O)NCc1ccccn1. The maximum absolute atomic E-state index is 11.7. The molecule has 0 bridgehead atoms. The molecule has 0 unspecified atom stereocenters. The Morgan fingerprint density at radius 2 is 2.16 bits per heavy atom. The lowest BCUT2D eigenvalue weighted by atomic mass is 10.3. The molecular formula is C14H21N3O2. The van der Waals surface area contributed by atoms with Crippen LogP contribution in [-0.2, 0) is 16.1 Å². The minimum absolute atomic E-state index is 0.104. The van der Waals surface area contributed by atoms with Gasteiger partial charge in [-0.3, -0.25) is 14.6 Å². The molecule has 5 heteroatoms. The van der Waals surface area contributed by atoms with Crippen LogP contribution < -0.4 is 5.32 Å². The molecule has 0 aliphatic carbocycles. The molecule has 104 valence electrons. The fraction of sp³-hybridized carbons (Fsp3) is 0.500. The summed E-state index contributed by atoms with van der Waals surface area (Å²) in [6, 6.07) is 5.51. The van der Waals surface area contributed by atoms with Crippen molar-refractivity contribution < 1.29 is 9.59 Å². The number of nitrogens with zero attached hydrogens (tertiary/aromatic N) is 2. The highest BCUT2D eigenvalue weighted by molar-refractivity contribution is 5.96. The predicted octanol–water partition coefficient (Wildman–Crippen LogP) is 1.35. The third kappa shape index (κ3) is 5.99. The number of pyridine rings is 1. The Balaban J connectivity index is 2.29. The minimum atomic E-state index is -0.265. The minimum Gasteiger partial charge on any atom is -0.350 e. The second-order valence-corrected chi connectivity index (χ2v) is 4.44. The lowest BCUT2D eigenvalue weighted by Gasteiger charge is -2.16. The molecule has 1 aromatic heterocycles. The molecule has 0 fully saturated rings. The summed E-state index contributed by atoms with van der Waals surface area (Å²) in [7, 11) is 1.73. The molecule has 0 atom stereocenters. The highest BCUT2D eigenvalue weighted by Crippen LogP contribution is 1.97. The van der Waals surface area contributed by atoms with Crippen molar-refractivity contribution in [1.29, 1.82) is 0 Å². The van der Waals surface area contributed by atoms with Crippen molar-refractivity contribution in [2.24, 2.45) is 0 Å². The Kier molecular flexibility index (Phi) is 6.57. The van der Waals surface area contributed by atoms with Gasteiger partial charge in [-0.15, -0.1) is 0 Å². The molecule has 0 radical (unpaired) electrons. The van der Waals surface area contributed by atoms with E-state index in [4.69, 9.17) is 0 Å². The van der Waals surface area contributed by atoms with E-state index in [9.17, 15) is 9.59 Å². The Morgan fingerprint density at radius 3 is 2.79 bits per heavy atom. The molecule has 1 aromatic rings. The molecule has 1 heterocycles. The van der Waals surface area contributed by atoms with Crippen LogP contribution in [-0.4, -0.2) is 35.3 Å². The number of carbonyl (C=O) groups is 2. The van der Waals surface area contributed by atoms with Crippen molar-refractivity contribution in [1.82, 2.24) is 15.2 Å². The summed E-state index contributed by atoms with van der Waals surface area (Å²) < 4.78 is 0. The highest BCUT2D eigenvalue weighted by Gasteiger charge is 2.13. The van der Waals surface area contributed by atoms with Gasteiger partial charge < -0.3 is 10.2 Å². The van der Waals surface area contributed by atoms with Gasteiger partial charge in [0.1, 0.15) is 6.42 Å². The zero-order valence-electron chi connectivity index (χ0n) is 11.6. The molecule has 0 saturated heterocycles. The summed E-state index contributed by atoms with van der Waals surface area (Å²) in [5.74, 6) is -0.411. The van der Waals surface area contributed by atoms with Crippen molar-refractivity contribution in [2.75, 3.05) is 13.6 Å². The van der Waals surface area contributed by atoms with Crippen LogP contribution in [0.4, 0.5) is 0 Å². The smallest absolute Gasteiger partial charge is 0.231 e. The van der Waals surface area contributed by atoms with Gasteiger partial charge in [0.15, 0.2) is 0 Å². The van der Waals surface area contributed by atoms with E-state index < -0.39 is 0 Å². The second-order valence-electron chi connectivity index (χ2n) is 4.44. The van der Waals surface area contributed by atoms with Crippen molar-refractivity contribution in [3.05, 3.63) is 30.1 Å². The quantitative estimate of drug-likeness (QED) is 0.755. The van der Waals surface area contributed by atoms with Crippen LogP contribution in [0.1, 0.15) is 31.9 Å². The van der Waals surface area contributed by atoms with E-state index in [1.54, 1.807) is 18.1 Å². The molecule has 0 aromatic carbocycles. The zero-order valence-corrected chi connectivity index (χ0v) is 11.6. The molecular weight excluding hydrogens is 242 g/mol. The first-order valence-corrected chi connectivity index (χ1v) is 6.54. The van der Waals surface area contributed by atoms with Gasteiger partial charge in [0.25, 0.3) is 0 Å². The van der Waals surface area contributed by atoms with Gasteiger partial charge in [-0.2, -0.15) is 0 Å². The first-order valence-electron chi connectivity index (χ1n) is 6.54. The van der Waals surface area contributed by atoms with Gasteiger partial charge >= 0.3 is 0 Å². The van der Waals surface area contributed by atoms with E-state index in [0.29, 0.717) is 13.1 Å². The molecule has 5 nitrogen and oxygen atoms in total. The number of hydrogen-bond acceptors (Lipinski definition) is 3. The largest absolute Gasteiger partial charge is 0.350 e. The molecule has 2 amide bonds. The van der Waals surface area contributed by atoms with E-state index in [1.807, 2.05) is 18.2 Å². The highest BCUT2D eigenvalue weighted by atomic mass is 16.2. The summed E-state index contributed by atoms with van der Waals surface area (Å²) in [6.45, 7) is 3.12. The first kappa shape index (κ1) is 15.1. The number of amides is 2. The molecule has 0 aliphatic heterocycles. The number of hydrogen-bond donors (Lipinski definition) is 1. The first-order chi connectivity index (χ1) is 9.13. The molecule has 0 saturated carbocycles. The summed E-state index contributed by atoms with van der Waals surface area (Å²) >= 11 is 0. The fourth-order valence-electron chi connectivity index (χ4n) is 1.55. The molecule has 0 spiro atoms. The topological polar surface area (TPSA) is 62.3 Å². The number of nitrogens with one attached hydrogen (secondary N) is 1. The van der Waals surface area contributed by atoms with Crippen molar-refractivity contribution >= 4 is 11.8 Å². The van der Waals surface area contributed by atoms with Gasteiger partial charge in [-0.25, -0.2) is 0 Å². The summed E-state index contributed by atoms with van der Waals surface area (Å²) in [5, 5.41) is 2.69. The third-order valence-electron chi connectivity index (χ3n) is 2.78. The predicted molar refractivity (Wildman–Crippen MR) is 73.2 cm³/mol. The Labute approximate surface area is 114 Å². The van der Waals surface area contributed by atoms with Crippen LogP contribution in [0.15, 0.2) is 24.4 Å². The van der Waals surface area contributed by atoms with Crippen LogP contribution in [0.3, 0.4) is 0 Å². The van der Waals surface area contributed by atoms with E-state index in [1.165, 1.54) is 0 Å². The van der Waals surface area contributed by atoms with E-state index in [0.717, 1.165) is 18.5 Å². The molecule has 1 N–H and O–H groups in total. The van der Waals surface area contributed by atoms with E-state index in [-0.39, 0.29) is 18.2 Å². The fourth-order valence-corrected chi connectivity index (χ4v) is 1.55. The number of unbranched alkanes of at least 4 members (excludes halogenated alkanes) is 1. The Morgan fingerprint density at radius 1 is 1.37 bits per heavy atom. The number of aromatic nitrogens is 1. The lowest BCUT2D eigenvalue weighted by Crippen LogP contribution is -2.33. The van der Waals surface area contributed by atoms with Crippen LogP contribution in [0.5, 0.6) is 0 Å². The van der Waals surface area contributed by atoms with Crippen LogP contribution in [0, 0.1) is 0 Å². The average molecular weight is 263 g/mol. The molecule has 1 rings (SSSR count). The van der Waals surface area contributed by atoms with Crippen molar-refractivity contribution in [3.8, 4) is 0 Å². The van der Waals surface area contributed by atoms with Gasteiger partial charge in [0.2, 0.25) is 11.8 Å². The number of carbonyl (C=O) groups excluding carboxylic acids is 2. The summed E-state index contributed by atoms with van der Waals surface area (Å²) in [6.07, 6.45) is 3.56. The normalized spacial score (nSPS) is 10.0. The van der Waals surface area contributed by atoms with Gasteiger partial charge in [-0.1, -0.05) is 19.4 Å². The maximum Gasteiger partial charge on any atom is 0.231 e. The Bertz CT molecular complexity index is 406. The summed E-state index contributed by atoms with van der Waals surface area (Å²) in [5.41, 5.74) is 0.780. The van der Waals surface area contributed by atoms with Gasteiger partial charge in [-0.05, 0) is 18.6 Å². The monoisotopic (exact) mass is 263 g/mol. The van der Waals surface area contributed by atoms with E-state index >= 15 is 0 Å². The molecule has 0 aliphatic rings. The van der Waals surface area contributed by atoms with E-state index in [2.05, 4.69) is 17.2 Å². The molecule has 19 heavy (non-hydrogen) atoms. The summed E-state index contributed by atoms with van der Waals surface area (Å²) in [4.78, 5) is 29.0. The average Bonchev–Trinajstić information content (AvgIpc) is 2.43. The van der Waals surface area contributed by atoms with Gasteiger partial charge in [0, 0.05) is 19.8 Å². The lowest BCUT2D eigenvalue weighted by molar-refractivity contribution is -0.135. The van der Waals surface area contributed by atoms with Crippen molar-refractivity contribution in [2.45, 2.75) is 32.7 Å². The van der Waals surface area contributed by atoms with Gasteiger partial charge in [0.05, 0.1) is 12.2 Å². The van der Waals surface area contributed by atoms with Crippen LogP contribution in [0.25, 0.3) is 0 Å².